The van der Waals surface area contributed by atoms with E-state index in [1.807, 2.05) is 16.9 Å². The van der Waals surface area contributed by atoms with Crippen LogP contribution < -0.4 is 5.73 Å². The van der Waals surface area contributed by atoms with E-state index in [4.69, 9.17) is 5.73 Å². The van der Waals surface area contributed by atoms with E-state index in [-0.39, 0.29) is 6.04 Å². The van der Waals surface area contributed by atoms with Gasteiger partial charge in [0.1, 0.15) is 0 Å². The molecule has 0 aliphatic heterocycles. The van der Waals surface area contributed by atoms with E-state index in [0.717, 1.165) is 19.4 Å². The maximum absolute atomic E-state index is 5.81. The highest BCUT2D eigenvalue weighted by molar-refractivity contribution is 4.78. The standard InChI is InChI=1S/C8H15N3/c1-2-4-8(9)7-11-6-3-5-10-11/h3,5-6,8H,2,4,7,9H2,1H3. The molecule has 62 valence electrons. The molecule has 0 aromatic carbocycles. The maximum atomic E-state index is 5.81. The molecule has 0 saturated heterocycles. The summed E-state index contributed by atoms with van der Waals surface area (Å²) < 4.78 is 1.88. The first kappa shape index (κ1) is 8.27. The number of hydrogen-bond acceptors (Lipinski definition) is 2. The van der Waals surface area contributed by atoms with Gasteiger partial charge in [-0.2, -0.15) is 5.10 Å². The lowest BCUT2D eigenvalue weighted by molar-refractivity contribution is 0.482. The second-order valence-corrected chi connectivity index (χ2v) is 2.78. The summed E-state index contributed by atoms with van der Waals surface area (Å²) in [5.41, 5.74) is 5.81. The van der Waals surface area contributed by atoms with Gasteiger partial charge in [-0.15, -0.1) is 0 Å². The van der Waals surface area contributed by atoms with Crippen LogP contribution in [0.3, 0.4) is 0 Å². The molecule has 0 aliphatic rings. The van der Waals surface area contributed by atoms with Crippen LogP contribution in [0.25, 0.3) is 0 Å². The van der Waals surface area contributed by atoms with Gasteiger partial charge in [-0.1, -0.05) is 13.3 Å². The highest BCUT2D eigenvalue weighted by Crippen LogP contribution is 1.96. The first-order valence-electron chi connectivity index (χ1n) is 4.06. The van der Waals surface area contributed by atoms with Crippen LogP contribution in [0.1, 0.15) is 19.8 Å². The van der Waals surface area contributed by atoms with Crippen LogP contribution in [-0.2, 0) is 6.54 Å². The Balaban J connectivity index is 2.31. The molecular weight excluding hydrogens is 138 g/mol. The summed E-state index contributed by atoms with van der Waals surface area (Å²) in [5, 5.41) is 4.08. The van der Waals surface area contributed by atoms with Gasteiger partial charge >= 0.3 is 0 Å². The van der Waals surface area contributed by atoms with Gasteiger partial charge in [-0.05, 0) is 12.5 Å². The van der Waals surface area contributed by atoms with Gasteiger partial charge in [0.2, 0.25) is 0 Å². The molecule has 1 atom stereocenters. The van der Waals surface area contributed by atoms with Crippen LogP contribution in [-0.4, -0.2) is 15.8 Å². The summed E-state index contributed by atoms with van der Waals surface area (Å²) in [7, 11) is 0. The van der Waals surface area contributed by atoms with Crippen LogP contribution >= 0.6 is 0 Å². The fraction of sp³-hybridized carbons (Fsp3) is 0.625. The summed E-state index contributed by atoms with van der Waals surface area (Å²) in [4.78, 5) is 0. The van der Waals surface area contributed by atoms with Crippen LogP contribution in [0.15, 0.2) is 18.5 Å². The van der Waals surface area contributed by atoms with Crippen molar-refractivity contribution in [1.29, 1.82) is 0 Å². The Morgan fingerprint density at radius 2 is 2.45 bits per heavy atom. The molecule has 0 radical (unpaired) electrons. The van der Waals surface area contributed by atoms with Gasteiger partial charge < -0.3 is 5.73 Å². The molecule has 0 amide bonds. The van der Waals surface area contributed by atoms with Crippen LogP contribution in [0.5, 0.6) is 0 Å². The van der Waals surface area contributed by atoms with Crippen molar-refractivity contribution in [3.05, 3.63) is 18.5 Å². The Morgan fingerprint density at radius 1 is 1.64 bits per heavy atom. The number of nitrogens with zero attached hydrogens (tertiary/aromatic N) is 2. The number of hydrogen-bond donors (Lipinski definition) is 1. The van der Waals surface area contributed by atoms with Crippen LogP contribution in [0.4, 0.5) is 0 Å². The van der Waals surface area contributed by atoms with Gasteiger partial charge in [-0.3, -0.25) is 4.68 Å². The van der Waals surface area contributed by atoms with Gasteiger partial charge in [0.05, 0.1) is 6.54 Å². The van der Waals surface area contributed by atoms with E-state index in [9.17, 15) is 0 Å². The normalized spacial score (nSPS) is 13.3. The van der Waals surface area contributed by atoms with E-state index < -0.39 is 0 Å². The topological polar surface area (TPSA) is 43.8 Å². The molecule has 3 nitrogen and oxygen atoms in total. The zero-order chi connectivity index (χ0) is 8.10. The highest BCUT2D eigenvalue weighted by atomic mass is 15.3. The fourth-order valence-electron chi connectivity index (χ4n) is 1.11. The van der Waals surface area contributed by atoms with Gasteiger partial charge in [0, 0.05) is 18.4 Å². The Kier molecular flexibility index (Phi) is 3.11. The molecular formula is C8H15N3. The van der Waals surface area contributed by atoms with Crippen molar-refractivity contribution in [2.45, 2.75) is 32.4 Å². The Hall–Kier alpha value is -0.830. The van der Waals surface area contributed by atoms with Crippen molar-refractivity contribution in [3.63, 3.8) is 0 Å². The Morgan fingerprint density at radius 3 is 3.00 bits per heavy atom. The fourth-order valence-corrected chi connectivity index (χ4v) is 1.11. The first-order chi connectivity index (χ1) is 5.33. The van der Waals surface area contributed by atoms with Crippen molar-refractivity contribution >= 4 is 0 Å². The lowest BCUT2D eigenvalue weighted by Crippen LogP contribution is -2.25. The van der Waals surface area contributed by atoms with Gasteiger partial charge in [0.15, 0.2) is 0 Å². The van der Waals surface area contributed by atoms with Crippen LogP contribution in [0.2, 0.25) is 0 Å². The van der Waals surface area contributed by atoms with Crippen molar-refractivity contribution in [2.75, 3.05) is 0 Å². The third kappa shape index (κ3) is 2.72. The minimum absolute atomic E-state index is 0.250. The first-order valence-corrected chi connectivity index (χ1v) is 4.06. The Bertz CT molecular complexity index is 181. The predicted octanol–water partition coefficient (Wildman–Crippen LogP) is 1.01. The Labute approximate surface area is 67.2 Å². The van der Waals surface area contributed by atoms with Crippen molar-refractivity contribution in [1.82, 2.24) is 9.78 Å². The smallest absolute Gasteiger partial charge is 0.0560 e. The monoisotopic (exact) mass is 153 g/mol. The van der Waals surface area contributed by atoms with Crippen molar-refractivity contribution in [3.8, 4) is 0 Å². The van der Waals surface area contributed by atoms with E-state index in [1.54, 1.807) is 6.20 Å². The summed E-state index contributed by atoms with van der Waals surface area (Å²) in [6, 6.07) is 2.17. The lowest BCUT2D eigenvalue weighted by Gasteiger charge is -2.09. The quantitative estimate of drug-likeness (QED) is 0.701. The predicted molar refractivity (Wildman–Crippen MR) is 45.1 cm³/mol. The molecule has 11 heavy (non-hydrogen) atoms. The van der Waals surface area contributed by atoms with E-state index in [2.05, 4.69) is 12.0 Å². The summed E-state index contributed by atoms with van der Waals surface area (Å²) in [6.45, 7) is 2.98. The number of nitrogens with two attached hydrogens (primary N) is 1. The second kappa shape index (κ2) is 4.13. The SMILES string of the molecule is CCCC(N)Cn1cccn1. The van der Waals surface area contributed by atoms with E-state index in [0.29, 0.717) is 0 Å². The average Bonchev–Trinajstić information content (AvgIpc) is 2.40. The molecule has 0 saturated carbocycles. The molecule has 3 heteroatoms. The minimum atomic E-state index is 0.250. The number of aromatic nitrogens is 2. The summed E-state index contributed by atoms with van der Waals surface area (Å²) in [5.74, 6) is 0. The largest absolute Gasteiger partial charge is 0.326 e. The molecule has 0 fully saturated rings. The molecule has 1 rings (SSSR count). The summed E-state index contributed by atoms with van der Waals surface area (Å²) >= 11 is 0. The molecule has 2 N–H and O–H groups in total. The van der Waals surface area contributed by atoms with Crippen molar-refractivity contribution < 1.29 is 0 Å². The van der Waals surface area contributed by atoms with E-state index >= 15 is 0 Å². The van der Waals surface area contributed by atoms with Gasteiger partial charge in [-0.25, -0.2) is 0 Å². The lowest BCUT2D eigenvalue weighted by atomic mass is 10.2. The third-order valence-corrected chi connectivity index (χ3v) is 1.64. The third-order valence-electron chi connectivity index (χ3n) is 1.64. The minimum Gasteiger partial charge on any atom is -0.326 e. The molecule has 1 unspecified atom stereocenters. The maximum Gasteiger partial charge on any atom is 0.0560 e. The molecule has 0 bridgehead atoms. The van der Waals surface area contributed by atoms with Gasteiger partial charge in [0.25, 0.3) is 0 Å². The molecule has 1 aromatic rings. The average molecular weight is 153 g/mol. The zero-order valence-corrected chi connectivity index (χ0v) is 6.90. The van der Waals surface area contributed by atoms with Crippen molar-refractivity contribution in [2.24, 2.45) is 5.73 Å². The summed E-state index contributed by atoms with van der Waals surface area (Å²) in [6.07, 6.45) is 5.93. The molecule has 0 spiro atoms. The molecule has 1 aromatic heterocycles. The number of rotatable bonds is 4. The van der Waals surface area contributed by atoms with E-state index in [1.165, 1.54) is 0 Å². The second-order valence-electron chi connectivity index (χ2n) is 2.78. The van der Waals surface area contributed by atoms with Crippen LogP contribution in [0, 0.1) is 0 Å². The molecule has 1 heterocycles. The zero-order valence-electron chi connectivity index (χ0n) is 6.90. The molecule has 0 aliphatic carbocycles. The highest BCUT2D eigenvalue weighted by Gasteiger charge is 2.00.